The van der Waals surface area contributed by atoms with Crippen LogP contribution in [0.5, 0.6) is 11.5 Å². The van der Waals surface area contributed by atoms with Crippen molar-refractivity contribution < 1.29 is 23.9 Å². The van der Waals surface area contributed by atoms with Gasteiger partial charge in [-0.15, -0.1) is 0 Å². The van der Waals surface area contributed by atoms with Gasteiger partial charge in [0.1, 0.15) is 11.5 Å². The highest BCUT2D eigenvalue weighted by Crippen LogP contribution is 2.33. The molecule has 2 N–H and O–H groups in total. The fraction of sp³-hybridized carbons (Fsp3) is 0.348. The minimum Gasteiger partial charge on any atom is -0.494 e. The molecule has 1 aliphatic heterocycles. The standard InChI is InChI=1S/C23H27N3O5/c1-3-13-24-23(29)20-15-26(18-7-5-6-8-19(18)31-20)21(27)14-25-22(28)16-9-11-17(12-10-16)30-4-2/h5-12,20H,3-4,13-15H2,1-2H3,(H,24,29)(H,25,28)/t20-/m1/s1. The number of rotatable bonds is 8. The van der Waals surface area contributed by atoms with Crippen molar-refractivity contribution in [2.45, 2.75) is 26.4 Å². The number of nitrogens with zero attached hydrogens (tertiary/aromatic N) is 1. The van der Waals surface area contributed by atoms with E-state index in [0.717, 1.165) is 6.42 Å². The molecular formula is C23H27N3O5. The molecule has 8 heteroatoms. The van der Waals surface area contributed by atoms with Crippen LogP contribution < -0.4 is 25.0 Å². The largest absolute Gasteiger partial charge is 0.494 e. The first kappa shape index (κ1) is 22.1. The minimum atomic E-state index is -0.813. The van der Waals surface area contributed by atoms with Crippen LogP contribution in [0.15, 0.2) is 48.5 Å². The smallest absolute Gasteiger partial charge is 0.262 e. The fourth-order valence-electron chi connectivity index (χ4n) is 3.19. The van der Waals surface area contributed by atoms with E-state index in [4.69, 9.17) is 9.47 Å². The fourth-order valence-corrected chi connectivity index (χ4v) is 3.19. The quantitative estimate of drug-likeness (QED) is 0.675. The number of hydrogen-bond acceptors (Lipinski definition) is 5. The second-order valence-corrected chi connectivity index (χ2v) is 7.01. The maximum absolute atomic E-state index is 12.9. The summed E-state index contributed by atoms with van der Waals surface area (Å²) in [5.74, 6) is 0.162. The lowest BCUT2D eigenvalue weighted by Crippen LogP contribution is -2.52. The molecule has 0 saturated heterocycles. The number of carbonyl (C=O) groups excluding carboxylic acids is 3. The normalized spacial score (nSPS) is 14.8. The first-order chi connectivity index (χ1) is 15.0. The molecule has 0 aromatic heterocycles. The van der Waals surface area contributed by atoms with Gasteiger partial charge in [-0.3, -0.25) is 14.4 Å². The van der Waals surface area contributed by atoms with Crippen LogP contribution in [-0.2, 0) is 9.59 Å². The van der Waals surface area contributed by atoms with Gasteiger partial charge in [-0.1, -0.05) is 19.1 Å². The van der Waals surface area contributed by atoms with Gasteiger partial charge in [0.05, 0.1) is 25.4 Å². The molecule has 0 radical (unpaired) electrons. The van der Waals surface area contributed by atoms with Crippen molar-refractivity contribution in [2.75, 3.05) is 31.1 Å². The molecule has 164 valence electrons. The molecule has 8 nitrogen and oxygen atoms in total. The lowest BCUT2D eigenvalue weighted by Gasteiger charge is -2.34. The molecule has 1 atom stereocenters. The number of fused-ring (bicyclic) bond motifs is 1. The van der Waals surface area contributed by atoms with Crippen molar-refractivity contribution in [3.63, 3.8) is 0 Å². The average Bonchev–Trinajstić information content (AvgIpc) is 2.80. The first-order valence-corrected chi connectivity index (χ1v) is 10.4. The van der Waals surface area contributed by atoms with Crippen LogP contribution in [0.3, 0.4) is 0 Å². The molecule has 3 rings (SSSR count). The van der Waals surface area contributed by atoms with Gasteiger partial charge in [0, 0.05) is 12.1 Å². The van der Waals surface area contributed by atoms with Crippen LogP contribution in [0.4, 0.5) is 5.69 Å². The zero-order valence-electron chi connectivity index (χ0n) is 17.7. The summed E-state index contributed by atoms with van der Waals surface area (Å²) < 4.78 is 11.2. The third-order valence-electron chi connectivity index (χ3n) is 4.74. The first-order valence-electron chi connectivity index (χ1n) is 10.4. The Kier molecular flexibility index (Phi) is 7.48. The van der Waals surface area contributed by atoms with Gasteiger partial charge in [-0.2, -0.15) is 0 Å². The van der Waals surface area contributed by atoms with E-state index in [-0.39, 0.29) is 30.8 Å². The number of benzene rings is 2. The van der Waals surface area contributed by atoms with Crippen molar-refractivity contribution in [3.05, 3.63) is 54.1 Å². The van der Waals surface area contributed by atoms with E-state index in [0.29, 0.717) is 35.9 Å². The Hall–Kier alpha value is -3.55. The Labute approximate surface area is 181 Å². The van der Waals surface area contributed by atoms with Crippen LogP contribution in [-0.4, -0.2) is 50.1 Å². The van der Waals surface area contributed by atoms with E-state index < -0.39 is 6.10 Å². The van der Waals surface area contributed by atoms with Crippen LogP contribution in [0.25, 0.3) is 0 Å². The molecule has 1 aliphatic rings. The Bertz CT molecular complexity index is 929. The summed E-state index contributed by atoms with van der Waals surface area (Å²) in [4.78, 5) is 39.2. The van der Waals surface area contributed by atoms with Crippen molar-refractivity contribution in [3.8, 4) is 11.5 Å². The highest BCUT2D eigenvalue weighted by molar-refractivity contribution is 6.02. The van der Waals surface area contributed by atoms with Crippen LogP contribution in [0, 0.1) is 0 Å². The topological polar surface area (TPSA) is 97.0 Å². The number of nitrogens with one attached hydrogen (secondary N) is 2. The molecule has 2 aromatic carbocycles. The zero-order chi connectivity index (χ0) is 22.2. The van der Waals surface area contributed by atoms with E-state index in [2.05, 4.69) is 10.6 Å². The summed E-state index contributed by atoms with van der Waals surface area (Å²) in [5, 5.41) is 5.44. The lowest BCUT2D eigenvalue weighted by molar-refractivity contribution is -0.128. The number of amides is 3. The summed E-state index contributed by atoms with van der Waals surface area (Å²) in [7, 11) is 0. The predicted molar refractivity (Wildman–Crippen MR) is 116 cm³/mol. The summed E-state index contributed by atoms with van der Waals surface area (Å²) in [6.07, 6.45) is -0.0119. The van der Waals surface area contributed by atoms with Crippen molar-refractivity contribution >= 4 is 23.4 Å². The van der Waals surface area contributed by atoms with Crippen LogP contribution in [0.1, 0.15) is 30.6 Å². The molecule has 0 saturated carbocycles. The highest BCUT2D eigenvalue weighted by Gasteiger charge is 2.33. The Balaban J connectivity index is 1.66. The van der Waals surface area contributed by atoms with Crippen LogP contribution in [0.2, 0.25) is 0 Å². The molecule has 0 bridgehead atoms. The number of hydrogen-bond donors (Lipinski definition) is 2. The van der Waals surface area contributed by atoms with E-state index in [1.165, 1.54) is 4.90 Å². The Morgan fingerprint density at radius 3 is 2.52 bits per heavy atom. The van der Waals surface area contributed by atoms with Crippen LogP contribution >= 0.6 is 0 Å². The Morgan fingerprint density at radius 2 is 1.81 bits per heavy atom. The van der Waals surface area contributed by atoms with Gasteiger partial charge in [0.15, 0.2) is 6.10 Å². The second-order valence-electron chi connectivity index (χ2n) is 7.01. The van der Waals surface area contributed by atoms with Gasteiger partial charge < -0.3 is 25.0 Å². The molecular weight excluding hydrogens is 398 g/mol. The van der Waals surface area contributed by atoms with E-state index >= 15 is 0 Å². The lowest BCUT2D eigenvalue weighted by atomic mass is 10.1. The molecule has 0 aliphatic carbocycles. The monoisotopic (exact) mass is 425 g/mol. The second kappa shape index (κ2) is 10.5. The summed E-state index contributed by atoms with van der Waals surface area (Å²) >= 11 is 0. The van der Waals surface area contributed by atoms with Gasteiger partial charge in [0.25, 0.3) is 11.8 Å². The third-order valence-corrected chi connectivity index (χ3v) is 4.74. The SMILES string of the molecule is CCCNC(=O)[C@H]1CN(C(=O)CNC(=O)c2ccc(OCC)cc2)c2ccccc2O1. The third kappa shape index (κ3) is 5.53. The summed E-state index contributed by atoms with van der Waals surface area (Å²) in [6.45, 7) is 4.78. The number of carbonyl (C=O) groups is 3. The molecule has 2 aromatic rings. The molecule has 3 amide bonds. The van der Waals surface area contributed by atoms with Gasteiger partial charge >= 0.3 is 0 Å². The maximum Gasteiger partial charge on any atom is 0.262 e. The van der Waals surface area contributed by atoms with E-state index in [1.807, 2.05) is 13.8 Å². The van der Waals surface area contributed by atoms with Gasteiger partial charge in [0.2, 0.25) is 5.91 Å². The maximum atomic E-state index is 12.9. The van der Waals surface area contributed by atoms with Crippen molar-refractivity contribution in [1.82, 2.24) is 10.6 Å². The van der Waals surface area contributed by atoms with Gasteiger partial charge in [-0.25, -0.2) is 0 Å². The molecule has 1 heterocycles. The number of ether oxygens (including phenoxy) is 2. The zero-order valence-corrected chi connectivity index (χ0v) is 17.7. The number of para-hydroxylation sites is 2. The Morgan fingerprint density at radius 1 is 1.06 bits per heavy atom. The minimum absolute atomic E-state index is 0.0737. The highest BCUT2D eigenvalue weighted by atomic mass is 16.5. The number of anilines is 1. The average molecular weight is 425 g/mol. The van der Waals surface area contributed by atoms with E-state index in [9.17, 15) is 14.4 Å². The molecule has 31 heavy (non-hydrogen) atoms. The molecule has 0 spiro atoms. The molecule has 0 fully saturated rings. The van der Waals surface area contributed by atoms with Crippen molar-refractivity contribution in [1.29, 1.82) is 0 Å². The summed E-state index contributed by atoms with van der Waals surface area (Å²) in [5.41, 5.74) is 0.998. The molecule has 0 unspecified atom stereocenters. The predicted octanol–water partition coefficient (Wildman–Crippen LogP) is 2.14. The van der Waals surface area contributed by atoms with Crippen molar-refractivity contribution in [2.24, 2.45) is 0 Å². The van der Waals surface area contributed by atoms with E-state index in [1.54, 1.807) is 48.5 Å². The van der Waals surface area contributed by atoms with Gasteiger partial charge in [-0.05, 0) is 49.7 Å². The summed E-state index contributed by atoms with van der Waals surface area (Å²) in [6, 6.07) is 13.7.